The van der Waals surface area contributed by atoms with Crippen molar-refractivity contribution in [1.29, 1.82) is 0 Å². The molecular weight excluding hydrogens is 2050 g/mol. The summed E-state index contributed by atoms with van der Waals surface area (Å²) in [5, 5.41) is 2.98. The predicted octanol–water partition coefficient (Wildman–Crippen LogP) is -13.3. The van der Waals surface area contributed by atoms with Gasteiger partial charge in [-0.25, -0.2) is 66.9 Å². The third-order valence-electron chi connectivity index (χ3n) is 12.5. The van der Waals surface area contributed by atoms with Crippen LogP contribution in [-0.4, -0.2) is 356 Å². The molecule has 2 fully saturated rings. The van der Waals surface area contributed by atoms with Crippen molar-refractivity contribution in [2.45, 2.75) is 123 Å². The molecule has 0 radical (unpaired) electrons. The maximum atomic E-state index is 14.4. The molecule has 18 atom stereocenters. The van der Waals surface area contributed by atoms with Crippen molar-refractivity contribution in [2.24, 2.45) is 0 Å². The van der Waals surface area contributed by atoms with E-state index in [9.17, 15) is 217 Å². The van der Waals surface area contributed by atoms with Gasteiger partial charge in [0.2, 0.25) is 0 Å². The summed E-state index contributed by atoms with van der Waals surface area (Å²) in [5.41, 5.74) is -1.52. The van der Waals surface area contributed by atoms with Crippen molar-refractivity contribution >= 4 is 178 Å². The van der Waals surface area contributed by atoms with Crippen LogP contribution in [0, 0.1) is 0 Å². The zero-order valence-electron chi connectivity index (χ0n) is 55.7. The van der Waals surface area contributed by atoms with Crippen LogP contribution in [0.1, 0.15) is 11.1 Å². The van der Waals surface area contributed by atoms with Crippen LogP contribution < -0.4 is 10.6 Å². The topological polar surface area (TPSA) is 1110 Å². The summed E-state index contributed by atoms with van der Waals surface area (Å²) < 4.78 is 632. The maximum Gasteiger partial charge on any atom is 0.398 e. The highest BCUT2D eigenvalue weighted by atomic mass is 32.3. The Hall–Kier alpha value is -4.08. The van der Waals surface area contributed by atoms with Gasteiger partial charge in [0.15, 0.2) is 37.0 Å². The second-order valence-electron chi connectivity index (χ2n) is 21.3. The van der Waals surface area contributed by atoms with Gasteiger partial charge in [-0.2, -0.15) is 135 Å². The molecule has 706 valence electrons. The summed E-state index contributed by atoms with van der Waals surface area (Å²) in [6.45, 7) is -13.0. The molecule has 1 aromatic carbocycles. The first-order valence-electron chi connectivity index (χ1n) is 27.8. The zero-order valence-corrected chi connectivity index (χ0v) is 68.7. The number of hydrogen-bond acceptors (Lipinski definition) is 54. The quantitative estimate of drug-likeness (QED) is 0.0269. The number of ether oxygens (including phenoxy) is 4. The third kappa shape index (κ3) is 44.9. The number of amides is 2. The lowest BCUT2D eigenvalue weighted by atomic mass is 9.98. The molecular formula is C32H52N2O70S16. The average Bonchev–Trinajstić information content (AvgIpc) is 0.765. The fraction of sp³-hybridized carbons (Fsp3) is 0.750. The van der Waals surface area contributed by atoms with Crippen LogP contribution in [0.3, 0.4) is 0 Å². The fourth-order valence-corrected chi connectivity index (χ4v) is 16.2. The summed E-state index contributed by atoms with van der Waals surface area (Å²) >= 11 is 0. The number of carbonyl (C=O) groups excluding carboxylic acids is 2. The summed E-state index contributed by atoms with van der Waals surface area (Å²) in [5.74, 6) is -5.29. The molecule has 0 aromatic heterocycles. The Kier molecular flexibility index (Phi) is 37.9. The van der Waals surface area contributed by atoms with E-state index in [1.807, 2.05) is 0 Å². The maximum absolute atomic E-state index is 14.4. The van der Waals surface area contributed by atoms with E-state index in [1.54, 1.807) is 0 Å². The lowest BCUT2D eigenvalue weighted by Gasteiger charge is -2.45. The highest BCUT2D eigenvalue weighted by Gasteiger charge is 2.60. The molecule has 1 aromatic rings. The highest BCUT2D eigenvalue weighted by molar-refractivity contribution is 7.84. The largest absolute Gasteiger partial charge is 0.398 e. The molecule has 2 aliphatic heterocycles. The van der Waals surface area contributed by atoms with Gasteiger partial charge in [0.05, 0.1) is 26.4 Å². The van der Waals surface area contributed by atoms with Crippen LogP contribution in [0.5, 0.6) is 0 Å². The Morgan fingerprint density at radius 3 is 0.775 bits per heavy atom. The van der Waals surface area contributed by atoms with Crippen molar-refractivity contribution in [2.75, 3.05) is 26.4 Å². The molecule has 0 aliphatic carbocycles. The van der Waals surface area contributed by atoms with E-state index >= 15 is 0 Å². The highest BCUT2D eigenvalue weighted by Crippen LogP contribution is 2.38. The predicted molar refractivity (Wildman–Crippen MR) is 344 cm³/mol. The zero-order chi connectivity index (χ0) is 93.3. The lowest BCUT2D eigenvalue weighted by Crippen LogP contribution is -2.65. The van der Waals surface area contributed by atoms with Crippen molar-refractivity contribution in [3.8, 4) is 0 Å². The molecule has 18 N–H and O–H groups in total. The van der Waals surface area contributed by atoms with Crippen LogP contribution in [0.15, 0.2) is 24.3 Å². The first-order valence-corrected chi connectivity index (χ1v) is 49.7. The van der Waals surface area contributed by atoms with E-state index in [4.69, 9.17) is 18.9 Å². The average molecular weight is 2100 g/mol. The molecule has 120 heavy (non-hydrogen) atoms. The van der Waals surface area contributed by atoms with Gasteiger partial charge in [0.1, 0.15) is 73.2 Å². The minimum Gasteiger partial charge on any atom is -0.350 e. The van der Waals surface area contributed by atoms with Gasteiger partial charge in [-0.15, -0.1) is 0 Å². The summed E-state index contributed by atoms with van der Waals surface area (Å²) in [6.07, 6.45) is -70.0. The van der Waals surface area contributed by atoms with Crippen LogP contribution in [0.2, 0.25) is 0 Å². The van der Waals surface area contributed by atoms with Crippen LogP contribution in [0.4, 0.5) is 0 Å². The Labute approximate surface area is 672 Å². The van der Waals surface area contributed by atoms with E-state index in [0.29, 0.717) is 24.3 Å². The van der Waals surface area contributed by atoms with Crippen molar-refractivity contribution in [3.63, 3.8) is 0 Å². The monoisotopic (exact) mass is 2100 g/mol. The molecule has 0 spiro atoms. The fourth-order valence-electron chi connectivity index (χ4n) is 9.11. The van der Waals surface area contributed by atoms with E-state index in [-0.39, 0.29) is 0 Å². The Morgan fingerprint density at radius 1 is 0.300 bits per heavy atom. The summed E-state index contributed by atoms with van der Waals surface area (Å²) in [4.78, 5) is 28.8. The van der Waals surface area contributed by atoms with Gasteiger partial charge in [-0.1, -0.05) is 24.3 Å². The molecule has 2 saturated heterocycles. The molecule has 0 saturated carbocycles. The Morgan fingerprint density at radius 2 is 0.542 bits per heavy atom. The van der Waals surface area contributed by atoms with Gasteiger partial charge >= 0.3 is 166 Å². The van der Waals surface area contributed by atoms with Crippen molar-refractivity contribution in [1.82, 2.24) is 10.6 Å². The van der Waals surface area contributed by atoms with E-state index in [0.717, 1.165) is 0 Å². The Balaban J connectivity index is 2.51. The molecule has 2 aliphatic rings. The summed E-state index contributed by atoms with van der Waals surface area (Å²) in [6, 6.07) is 2.52. The molecule has 2 heterocycles. The molecule has 3 rings (SSSR count). The first-order chi connectivity index (χ1) is 53.2. The molecule has 0 unspecified atom stereocenters. The van der Waals surface area contributed by atoms with Crippen LogP contribution in [0.25, 0.3) is 0 Å². The van der Waals surface area contributed by atoms with Gasteiger partial charge in [0.25, 0.3) is 11.8 Å². The van der Waals surface area contributed by atoms with E-state index < -0.39 is 339 Å². The SMILES string of the molecule is O=C(NCc1cccc(CNC(=O)[C@H](OS(=O)(=O)O)[C@@H](OS(=O)(=O)O)[C@H](O[C@@H]2O[C@H](COS(=O)(=O)O)[C@H](OS(=O)(=O)O)[C@H](OS(=O)(=O)O)[C@H]2OS(=O)(=O)O)[C@@H](COS(=O)(=O)O)OS(=O)(=O)O)c1)[C@H](OS(=O)(=O)O)[C@@H](OS(=O)(=O)O)[C@H](O[C@@H]1O[C@H](COS(=O)(=O)O)[C@H](OS(=O)(=O)O)[C@H](OS(=O)(=O)O)[C@H]1OS(=O)(=O)O)[C@@H](COS(=O)(=O)O)OS(=O)(=O)O. The normalized spacial score (nSPS) is 23.8. The number of carbonyl (C=O) groups is 2. The second-order valence-corrected chi connectivity index (χ2v) is 38.3. The number of hydrogen-bond donors (Lipinski definition) is 18. The minimum atomic E-state index is -6.90. The van der Waals surface area contributed by atoms with Crippen LogP contribution in [-0.2, 0) is 275 Å². The van der Waals surface area contributed by atoms with Crippen molar-refractivity contribution in [3.05, 3.63) is 35.4 Å². The third-order valence-corrected chi connectivity index (χ3v) is 19.9. The van der Waals surface area contributed by atoms with E-state index in [2.05, 4.69) is 66.9 Å². The molecule has 72 nitrogen and oxygen atoms in total. The summed E-state index contributed by atoms with van der Waals surface area (Å²) in [7, 11) is -105. The van der Waals surface area contributed by atoms with Crippen LogP contribution >= 0.6 is 0 Å². The van der Waals surface area contributed by atoms with Gasteiger partial charge in [-0.05, 0) is 11.1 Å². The van der Waals surface area contributed by atoms with Crippen molar-refractivity contribution < 1.29 is 303 Å². The minimum absolute atomic E-state index is 0.503. The number of benzene rings is 1. The molecule has 2 amide bonds. The number of rotatable bonds is 52. The van der Waals surface area contributed by atoms with Gasteiger partial charge < -0.3 is 29.6 Å². The van der Waals surface area contributed by atoms with Gasteiger partial charge in [0, 0.05) is 13.1 Å². The molecule has 0 bridgehead atoms. The molecule has 88 heteroatoms. The lowest BCUT2D eigenvalue weighted by molar-refractivity contribution is -0.312. The van der Waals surface area contributed by atoms with Gasteiger partial charge in [-0.3, -0.25) is 82.4 Å². The number of nitrogens with one attached hydrogen (secondary N) is 2. The first kappa shape index (κ1) is 110. The van der Waals surface area contributed by atoms with E-state index in [1.165, 1.54) is 10.6 Å². The smallest absolute Gasteiger partial charge is 0.350 e. The Bertz CT molecular complexity index is 5410. The standard InChI is InChI=1S/C32H52N2O70S16/c35-29(25(101-117(73,74)75)21(97-113(61,62)63)17(15(93-109(49,50)51)9-87-107(43,44)45)91-31-27(103-119(79,80)81)23(99-115(67,68)69)19(95-111(55,56)57)13(89-31)7-85-105(37,38)39)33-5-11-2-1-3-12(4-11)6-34-30(36)26(102-118(76,77)78)22(98-114(64,65)66)18(16(94-110(52,53)54)10-88-108(46,47)48)92-32-28(104-120(82,83)84)24(100-116(70,71)72)20(96-112(58,59)60)14(90-32)8-86-106(40,41)42/h1-4,13-28,31-32H,5-10H2,(H,33,35)(H,34,36)(H,37,38,39)(H,40,41,42)(H,43,44,45)(H,46,47,48)(H,49,50,51)(H,52,53,54)(H,55,56,57)(H,58,59,60)(H,61,62,63)(H,64,65,66)(H,67,68,69)(H,70,71,72)(H,73,74,75)(H,76,77,78)(H,79,80,81)(H,82,83,84)/t13-,14-,15-,16-,17-,18-,19+,20+,21+,22+,23+,24+,25-,26-,27-,28-,31+,32+/m1/s1. The second kappa shape index (κ2) is 41.3.